The average Bonchev–Trinajstić information content (AvgIpc) is 3.74. The SMILES string of the molecule is CC(C)[C@H](NC(=O)C1CC1)C(=O)N1c2cc3c(cc2[C@H](NC(=O)OCc2ccccc2)[C@H]1COC(=O)c1ccccc1)OCO3. The van der Waals surface area contributed by atoms with E-state index in [9.17, 15) is 19.2 Å². The molecule has 0 aromatic heterocycles. The fraction of sp³-hybridized carbons (Fsp3) is 0.353. The van der Waals surface area contributed by atoms with Crippen molar-refractivity contribution in [2.75, 3.05) is 18.3 Å². The van der Waals surface area contributed by atoms with E-state index in [-0.39, 0.29) is 37.7 Å². The molecule has 3 atom stereocenters. The van der Waals surface area contributed by atoms with Crippen molar-refractivity contribution >= 4 is 29.6 Å². The number of amides is 3. The molecule has 45 heavy (non-hydrogen) atoms. The van der Waals surface area contributed by atoms with Crippen LogP contribution in [0.1, 0.15) is 54.2 Å². The number of esters is 1. The van der Waals surface area contributed by atoms with Crippen LogP contribution in [-0.2, 0) is 25.7 Å². The fourth-order valence-electron chi connectivity index (χ4n) is 5.56. The van der Waals surface area contributed by atoms with Crippen LogP contribution in [-0.4, -0.2) is 49.4 Å². The topological polar surface area (TPSA) is 133 Å². The third-order valence-electron chi connectivity index (χ3n) is 8.13. The Morgan fingerprint density at radius 3 is 2.24 bits per heavy atom. The number of carbonyl (C=O) groups is 4. The number of anilines is 1. The first-order valence-electron chi connectivity index (χ1n) is 15.1. The van der Waals surface area contributed by atoms with Crippen LogP contribution in [0.25, 0.3) is 0 Å². The zero-order chi connectivity index (χ0) is 31.5. The number of ether oxygens (including phenoxy) is 4. The Morgan fingerprint density at radius 1 is 0.911 bits per heavy atom. The van der Waals surface area contributed by atoms with Crippen LogP contribution in [0.5, 0.6) is 11.5 Å². The number of benzene rings is 3. The summed E-state index contributed by atoms with van der Waals surface area (Å²) < 4.78 is 22.6. The lowest BCUT2D eigenvalue weighted by Crippen LogP contribution is -2.56. The van der Waals surface area contributed by atoms with E-state index >= 15 is 0 Å². The highest BCUT2D eigenvalue weighted by Gasteiger charge is 2.47. The Kier molecular flexibility index (Phi) is 8.59. The molecule has 0 saturated heterocycles. The molecule has 1 saturated carbocycles. The van der Waals surface area contributed by atoms with Crippen molar-refractivity contribution in [1.29, 1.82) is 0 Å². The summed E-state index contributed by atoms with van der Waals surface area (Å²) in [5.74, 6) is -0.624. The average molecular weight is 614 g/mol. The van der Waals surface area contributed by atoms with Crippen molar-refractivity contribution < 1.29 is 38.1 Å². The lowest BCUT2D eigenvalue weighted by Gasteiger charge is -2.33. The van der Waals surface area contributed by atoms with E-state index in [2.05, 4.69) is 10.6 Å². The highest BCUT2D eigenvalue weighted by atomic mass is 16.7. The predicted octanol–water partition coefficient (Wildman–Crippen LogP) is 4.51. The summed E-state index contributed by atoms with van der Waals surface area (Å²) >= 11 is 0. The number of hydrogen-bond donors (Lipinski definition) is 2. The van der Waals surface area contributed by atoms with Gasteiger partial charge in [0.25, 0.3) is 0 Å². The summed E-state index contributed by atoms with van der Waals surface area (Å²) in [7, 11) is 0. The molecule has 234 valence electrons. The summed E-state index contributed by atoms with van der Waals surface area (Å²) in [5.41, 5.74) is 2.15. The summed E-state index contributed by atoms with van der Waals surface area (Å²) in [6.45, 7) is 3.49. The van der Waals surface area contributed by atoms with Gasteiger partial charge in [0.05, 0.1) is 23.3 Å². The number of hydrogen-bond acceptors (Lipinski definition) is 8. The molecular weight excluding hydrogens is 578 g/mol. The minimum absolute atomic E-state index is 0.00751. The molecule has 0 unspecified atom stereocenters. The van der Waals surface area contributed by atoms with Crippen LogP contribution in [0.3, 0.4) is 0 Å². The van der Waals surface area contributed by atoms with Gasteiger partial charge in [-0.05, 0) is 42.5 Å². The van der Waals surface area contributed by atoms with Crippen LogP contribution in [0, 0.1) is 11.8 Å². The quantitative estimate of drug-likeness (QED) is 0.320. The van der Waals surface area contributed by atoms with Crippen LogP contribution in [0.4, 0.5) is 10.5 Å². The van der Waals surface area contributed by atoms with Crippen molar-refractivity contribution in [3.05, 3.63) is 89.5 Å². The van der Waals surface area contributed by atoms with E-state index in [1.54, 1.807) is 42.5 Å². The first kappa shape index (κ1) is 30.0. The second kappa shape index (κ2) is 12.9. The lowest BCUT2D eigenvalue weighted by atomic mass is 10.0. The molecule has 3 aromatic rings. The number of fused-ring (bicyclic) bond motifs is 2. The van der Waals surface area contributed by atoms with Gasteiger partial charge >= 0.3 is 12.1 Å². The van der Waals surface area contributed by atoms with Gasteiger partial charge < -0.3 is 34.5 Å². The Balaban J connectivity index is 1.33. The van der Waals surface area contributed by atoms with E-state index in [1.165, 1.54) is 4.90 Å². The standard InChI is InChI=1S/C34H35N3O8/c1-20(2)29(35-31(38)22-13-14-22)32(39)37-25-16-28-27(44-19-45-28)15-24(25)30(36-34(41)43-17-21-9-5-3-6-10-21)26(37)18-42-33(40)23-11-7-4-8-12-23/h3-12,15-16,20,22,26,29-30H,13-14,17-19H2,1-2H3,(H,35,38)(H,36,41)/t26-,29+,30+/m1/s1. The predicted molar refractivity (Wildman–Crippen MR) is 163 cm³/mol. The molecule has 2 N–H and O–H groups in total. The van der Waals surface area contributed by atoms with Gasteiger partial charge in [-0.3, -0.25) is 9.59 Å². The van der Waals surface area contributed by atoms with Crippen LogP contribution < -0.4 is 25.0 Å². The molecule has 3 aliphatic rings. The van der Waals surface area contributed by atoms with Crippen molar-refractivity contribution in [2.45, 2.75) is 51.4 Å². The maximum absolute atomic E-state index is 14.5. The molecule has 11 nitrogen and oxygen atoms in total. The third kappa shape index (κ3) is 6.57. The zero-order valence-electron chi connectivity index (χ0n) is 25.1. The van der Waals surface area contributed by atoms with Gasteiger partial charge in [-0.25, -0.2) is 9.59 Å². The monoisotopic (exact) mass is 613 g/mol. The molecule has 6 rings (SSSR count). The number of nitrogens with zero attached hydrogens (tertiary/aromatic N) is 1. The summed E-state index contributed by atoms with van der Waals surface area (Å²) in [6, 6.07) is 18.5. The molecule has 1 fully saturated rings. The van der Waals surface area contributed by atoms with E-state index in [1.807, 2.05) is 44.2 Å². The van der Waals surface area contributed by atoms with Gasteiger partial charge in [-0.2, -0.15) is 0 Å². The molecule has 1 aliphatic carbocycles. The Bertz CT molecular complexity index is 1580. The van der Waals surface area contributed by atoms with Crippen molar-refractivity contribution in [1.82, 2.24) is 10.6 Å². The van der Waals surface area contributed by atoms with Crippen LogP contribution >= 0.6 is 0 Å². The molecule has 2 aliphatic heterocycles. The van der Waals surface area contributed by atoms with Crippen molar-refractivity contribution in [3.63, 3.8) is 0 Å². The molecule has 3 aromatic carbocycles. The highest BCUT2D eigenvalue weighted by Crippen LogP contribution is 2.47. The number of nitrogens with one attached hydrogen (secondary N) is 2. The lowest BCUT2D eigenvalue weighted by molar-refractivity contribution is -0.129. The molecule has 2 heterocycles. The Morgan fingerprint density at radius 2 is 1.58 bits per heavy atom. The molecule has 0 spiro atoms. The number of alkyl carbamates (subject to hydrolysis) is 1. The van der Waals surface area contributed by atoms with Gasteiger partial charge in [0.2, 0.25) is 18.6 Å². The van der Waals surface area contributed by atoms with Crippen molar-refractivity contribution in [2.24, 2.45) is 11.8 Å². The van der Waals surface area contributed by atoms with Crippen molar-refractivity contribution in [3.8, 4) is 11.5 Å². The van der Waals surface area contributed by atoms with Gasteiger partial charge in [0.15, 0.2) is 11.5 Å². The minimum atomic E-state index is -0.883. The molecule has 0 radical (unpaired) electrons. The molecule has 3 amide bonds. The fourth-order valence-corrected chi connectivity index (χ4v) is 5.56. The largest absolute Gasteiger partial charge is 0.460 e. The third-order valence-corrected chi connectivity index (χ3v) is 8.13. The highest BCUT2D eigenvalue weighted by molar-refractivity contribution is 6.03. The number of rotatable bonds is 10. The maximum Gasteiger partial charge on any atom is 0.408 e. The minimum Gasteiger partial charge on any atom is -0.460 e. The summed E-state index contributed by atoms with van der Waals surface area (Å²) in [5, 5.41) is 5.84. The first-order valence-corrected chi connectivity index (χ1v) is 15.1. The number of carbonyl (C=O) groups excluding carboxylic acids is 4. The smallest absolute Gasteiger partial charge is 0.408 e. The van der Waals surface area contributed by atoms with E-state index in [0.29, 0.717) is 28.3 Å². The summed E-state index contributed by atoms with van der Waals surface area (Å²) in [4.78, 5) is 55.0. The summed E-state index contributed by atoms with van der Waals surface area (Å²) in [6.07, 6.45) is 0.857. The normalized spacial score (nSPS) is 18.6. The van der Waals surface area contributed by atoms with Crippen LogP contribution in [0.2, 0.25) is 0 Å². The van der Waals surface area contributed by atoms with Gasteiger partial charge in [-0.1, -0.05) is 62.4 Å². The molecule has 11 heteroatoms. The molecule has 0 bridgehead atoms. The Labute approximate surface area is 260 Å². The van der Waals surface area contributed by atoms with Gasteiger partial charge in [0, 0.05) is 17.5 Å². The molecular formula is C34H35N3O8. The van der Waals surface area contributed by atoms with E-state index in [4.69, 9.17) is 18.9 Å². The van der Waals surface area contributed by atoms with E-state index in [0.717, 1.165) is 18.4 Å². The first-order chi connectivity index (χ1) is 21.8. The maximum atomic E-state index is 14.5. The van der Waals surface area contributed by atoms with Gasteiger partial charge in [0.1, 0.15) is 19.3 Å². The zero-order valence-corrected chi connectivity index (χ0v) is 25.1. The second-order valence-corrected chi connectivity index (χ2v) is 11.7. The van der Waals surface area contributed by atoms with Gasteiger partial charge in [-0.15, -0.1) is 0 Å². The Hall–Kier alpha value is -5.06. The van der Waals surface area contributed by atoms with Crippen LogP contribution in [0.15, 0.2) is 72.8 Å². The van der Waals surface area contributed by atoms with E-state index < -0.39 is 36.1 Å². The second-order valence-electron chi connectivity index (χ2n) is 11.7.